The number of methoxy groups -OCH3 is 1. The molecule has 2 aromatic carbocycles. The van der Waals surface area contributed by atoms with Crippen molar-refractivity contribution in [2.45, 2.75) is 6.18 Å². The summed E-state index contributed by atoms with van der Waals surface area (Å²) in [5, 5.41) is 1.90. The van der Waals surface area contributed by atoms with Gasteiger partial charge in [-0.2, -0.15) is 17.7 Å². The minimum Gasteiger partial charge on any atom is -1.00 e. The first kappa shape index (κ1) is 17.3. The maximum absolute atomic E-state index is 12.6. The number of nitrogens with zero attached hydrogens (tertiary/aromatic N) is 1. The van der Waals surface area contributed by atoms with Crippen LogP contribution in [0.3, 0.4) is 0 Å². The summed E-state index contributed by atoms with van der Waals surface area (Å²) in [5.41, 5.74) is -0.00368. The largest absolute Gasteiger partial charge is 1.00 e. The Morgan fingerprint density at radius 2 is 1.65 bits per heavy atom. The number of fused-ring (bicyclic) bond motifs is 1. The smallest absolute Gasteiger partial charge is 0.416 e. The molecule has 0 fully saturated rings. The highest BCUT2D eigenvalue weighted by Gasteiger charge is 2.30. The number of pyridine rings is 1. The Balaban J connectivity index is 0.00000192. The summed E-state index contributed by atoms with van der Waals surface area (Å²) in [7, 11) is 1.59. The third-order valence-corrected chi connectivity index (χ3v) is 3.50. The molecule has 2 nitrogen and oxygen atoms in total. The minimum absolute atomic E-state index is 0. The molecule has 1 aromatic heterocycles. The van der Waals surface area contributed by atoms with E-state index >= 15 is 0 Å². The summed E-state index contributed by atoms with van der Waals surface area (Å²) in [4.78, 5) is 0. The van der Waals surface area contributed by atoms with Gasteiger partial charge in [0.1, 0.15) is 5.75 Å². The van der Waals surface area contributed by atoms with E-state index in [1.54, 1.807) is 11.7 Å². The molecule has 0 atom stereocenters. The Bertz CT molecular complexity index is 816. The summed E-state index contributed by atoms with van der Waals surface area (Å²) in [6, 6.07) is 12.6. The zero-order valence-electron chi connectivity index (χ0n) is 12.1. The molecule has 1 heterocycles. The zero-order valence-corrected chi connectivity index (χ0v) is 13.7. The summed E-state index contributed by atoms with van der Waals surface area (Å²) in [6.45, 7) is 0. The van der Waals surface area contributed by atoms with Gasteiger partial charge in [-0.25, -0.2) is 0 Å². The van der Waals surface area contributed by atoms with Crippen molar-refractivity contribution in [3.63, 3.8) is 0 Å². The van der Waals surface area contributed by atoms with Crippen molar-refractivity contribution in [2.75, 3.05) is 7.11 Å². The Labute approximate surface area is 141 Å². The number of ether oxygens (including phenoxy) is 1. The number of hydrogen-bond acceptors (Lipinski definition) is 1. The predicted molar refractivity (Wildman–Crippen MR) is 77.0 cm³/mol. The molecular formula is C17H13BrF3NO. The molecule has 0 aliphatic carbocycles. The average molecular weight is 384 g/mol. The molecule has 0 N–H and O–H groups in total. The molecule has 120 valence electrons. The van der Waals surface area contributed by atoms with Gasteiger partial charge >= 0.3 is 6.18 Å². The fourth-order valence-corrected chi connectivity index (χ4v) is 2.35. The second-order valence-electron chi connectivity index (χ2n) is 4.86. The van der Waals surface area contributed by atoms with Gasteiger partial charge in [0.15, 0.2) is 12.4 Å². The van der Waals surface area contributed by atoms with Gasteiger partial charge in [0.05, 0.1) is 18.1 Å². The Morgan fingerprint density at radius 3 is 2.26 bits per heavy atom. The van der Waals surface area contributed by atoms with Crippen molar-refractivity contribution in [3.05, 3.63) is 66.5 Å². The molecule has 6 heteroatoms. The van der Waals surface area contributed by atoms with Crippen LogP contribution in [0.15, 0.2) is 60.9 Å². The lowest BCUT2D eigenvalue weighted by Gasteiger charge is -2.06. The molecule has 0 unspecified atom stereocenters. The molecule has 3 aromatic rings. The molecule has 0 radical (unpaired) electrons. The van der Waals surface area contributed by atoms with Crippen molar-refractivity contribution >= 4 is 10.8 Å². The van der Waals surface area contributed by atoms with E-state index in [9.17, 15) is 13.2 Å². The monoisotopic (exact) mass is 383 g/mol. The first-order valence-corrected chi connectivity index (χ1v) is 6.65. The van der Waals surface area contributed by atoms with Gasteiger partial charge in [0, 0.05) is 18.2 Å². The fraction of sp³-hybridized carbons (Fsp3) is 0.118. The minimum atomic E-state index is -4.32. The maximum Gasteiger partial charge on any atom is 0.416 e. The number of aromatic nitrogens is 1. The van der Waals surface area contributed by atoms with E-state index in [4.69, 9.17) is 4.74 Å². The van der Waals surface area contributed by atoms with Crippen LogP contribution in [-0.4, -0.2) is 7.11 Å². The number of halogens is 4. The van der Waals surface area contributed by atoms with Gasteiger partial charge in [-0.15, -0.1) is 0 Å². The van der Waals surface area contributed by atoms with Gasteiger partial charge in [0.25, 0.3) is 0 Å². The van der Waals surface area contributed by atoms with E-state index < -0.39 is 11.7 Å². The van der Waals surface area contributed by atoms with Crippen LogP contribution in [0.1, 0.15) is 5.56 Å². The second kappa shape index (κ2) is 6.58. The lowest BCUT2D eigenvalue weighted by Crippen LogP contribution is -3.00. The molecule has 3 rings (SSSR count). The number of hydrogen-bond donors (Lipinski definition) is 0. The number of rotatable bonds is 2. The highest BCUT2D eigenvalue weighted by Crippen LogP contribution is 2.29. The predicted octanol–water partition coefficient (Wildman–Crippen LogP) is 1.15. The van der Waals surface area contributed by atoms with E-state index in [2.05, 4.69) is 0 Å². The van der Waals surface area contributed by atoms with Gasteiger partial charge < -0.3 is 21.7 Å². The molecule has 0 saturated heterocycles. The average Bonchev–Trinajstić information content (AvgIpc) is 2.53. The van der Waals surface area contributed by atoms with Crippen molar-refractivity contribution in [3.8, 4) is 11.4 Å². The van der Waals surface area contributed by atoms with E-state index in [1.807, 2.05) is 36.7 Å². The second-order valence-corrected chi connectivity index (χ2v) is 4.86. The van der Waals surface area contributed by atoms with Crippen LogP contribution in [-0.2, 0) is 6.18 Å². The van der Waals surface area contributed by atoms with Crippen molar-refractivity contribution in [2.24, 2.45) is 0 Å². The van der Waals surface area contributed by atoms with Crippen LogP contribution in [0, 0.1) is 0 Å². The summed E-state index contributed by atoms with van der Waals surface area (Å²) >= 11 is 0. The number of alkyl halides is 3. The number of benzene rings is 2. The third-order valence-electron chi connectivity index (χ3n) is 3.50. The molecule has 0 amide bonds. The summed E-state index contributed by atoms with van der Waals surface area (Å²) in [6.07, 6.45) is -0.670. The van der Waals surface area contributed by atoms with Crippen LogP contribution in [0.2, 0.25) is 0 Å². The van der Waals surface area contributed by atoms with Crippen LogP contribution >= 0.6 is 0 Å². The molecular weight excluding hydrogens is 371 g/mol. The first-order valence-electron chi connectivity index (χ1n) is 6.65. The fourth-order valence-electron chi connectivity index (χ4n) is 2.35. The van der Waals surface area contributed by atoms with Crippen molar-refractivity contribution in [1.29, 1.82) is 0 Å². The van der Waals surface area contributed by atoms with Crippen LogP contribution in [0.5, 0.6) is 5.75 Å². The van der Waals surface area contributed by atoms with Gasteiger partial charge in [-0.1, -0.05) is 12.1 Å². The summed E-state index contributed by atoms with van der Waals surface area (Å²) in [5.74, 6) is 0.721. The van der Waals surface area contributed by atoms with E-state index in [0.717, 1.165) is 28.7 Å². The van der Waals surface area contributed by atoms with E-state index in [1.165, 1.54) is 12.1 Å². The molecule has 0 bridgehead atoms. The lowest BCUT2D eigenvalue weighted by molar-refractivity contribution is -0.594. The highest BCUT2D eigenvalue weighted by atomic mass is 79.9. The van der Waals surface area contributed by atoms with Gasteiger partial charge in [0.2, 0.25) is 5.69 Å². The zero-order chi connectivity index (χ0) is 15.7. The van der Waals surface area contributed by atoms with Crippen LogP contribution < -0.4 is 26.3 Å². The van der Waals surface area contributed by atoms with E-state index in [0.29, 0.717) is 5.69 Å². The third kappa shape index (κ3) is 3.47. The van der Waals surface area contributed by atoms with Crippen molar-refractivity contribution < 1.29 is 39.5 Å². The van der Waals surface area contributed by atoms with Crippen molar-refractivity contribution in [1.82, 2.24) is 0 Å². The first-order chi connectivity index (χ1) is 10.5. The Hall–Kier alpha value is -2.08. The summed E-state index contributed by atoms with van der Waals surface area (Å²) < 4.78 is 44.9. The lowest BCUT2D eigenvalue weighted by atomic mass is 10.1. The standard InChI is InChI=1S/C17H13F3NO.BrH/c1-22-16-4-2-3-12-9-10-21(11-15(12)16)14-7-5-13(6-8-14)17(18,19)20;/h2-11H,1H3;1H/q+1;/p-1. The topological polar surface area (TPSA) is 13.1 Å². The maximum atomic E-state index is 12.6. The molecule has 23 heavy (non-hydrogen) atoms. The molecule has 0 aliphatic heterocycles. The molecule has 0 saturated carbocycles. The quantitative estimate of drug-likeness (QED) is 0.605. The Morgan fingerprint density at radius 1 is 0.957 bits per heavy atom. The van der Waals surface area contributed by atoms with Gasteiger partial charge in [-0.05, 0) is 23.6 Å². The van der Waals surface area contributed by atoms with Crippen LogP contribution in [0.4, 0.5) is 13.2 Å². The van der Waals surface area contributed by atoms with Gasteiger partial charge in [-0.3, -0.25) is 0 Å². The SMILES string of the molecule is COc1cccc2cc[n+](-c3ccc(C(F)(F)F)cc3)cc12.[Br-]. The Kier molecular flexibility index (Phi) is 4.94. The van der Waals surface area contributed by atoms with Crippen LogP contribution in [0.25, 0.3) is 16.5 Å². The molecule has 0 aliphatic rings. The van der Waals surface area contributed by atoms with E-state index in [-0.39, 0.29) is 17.0 Å². The molecule has 0 spiro atoms. The normalized spacial score (nSPS) is 11.1. The highest BCUT2D eigenvalue weighted by molar-refractivity contribution is 5.86.